The molecule has 0 aliphatic rings. The van der Waals surface area contributed by atoms with Gasteiger partial charge in [-0.2, -0.15) is 0 Å². The second kappa shape index (κ2) is 7.39. The first-order chi connectivity index (χ1) is 9.81. The van der Waals surface area contributed by atoms with E-state index in [0.717, 1.165) is 6.07 Å². The number of hydrogen-bond acceptors (Lipinski definition) is 5. The van der Waals surface area contributed by atoms with E-state index >= 15 is 0 Å². The summed E-state index contributed by atoms with van der Waals surface area (Å²) in [5.74, 6) is -1.13. The number of sulfonamides is 1. The number of methoxy groups -OCH3 is 2. The summed E-state index contributed by atoms with van der Waals surface area (Å²) in [5, 5.41) is 8.95. The number of carboxylic acid groups (broad SMARTS) is 1. The molecule has 0 radical (unpaired) electrons. The maximum atomic E-state index is 12.3. The lowest BCUT2D eigenvalue weighted by Gasteiger charge is -2.14. The molecule has 21 heavy (non-hydrogen) atoms. The Labute approximate surface area is 123 Å². The van der Waals surface area contributed by atoms with Crippen molar-refractivity contribution in [3.8, 4) is 5.75 Å². The molecule has 0 heterocycles. The maximum Gasteiger partial charge on any atom is 0.335 e. The fourth-order valence-electron chi connectivity index (χ4n) is 1.69. The Kier molecular flexibility index (Phi) is 6.13. The second-order valence-electron chi connectivity index (χ2n) is 4.58. The van der Waals surface area contributed by atoms with Gasteiger partial charge in [-0.05, 0) is 24.1 Å². The molecule has 0 aromatic heterocycles. The van der Waals surface area contributed by atoms with Gasteiger partial charge in [-0.1, -0.05) is 6.92 Å². The Balaban J connectivity index is 3.05. The zero-order valence-corrected chi connectivity index (χ0v) is 12.9. The first kappa shape index (κ1) is 17.4. The number of aromatic carboxylic acids is 1. The van der Waals surface area contributed by atoms with Crippen molar-refractivity contribution in [1.82, 2.24) is 4.72 Å². The van der Waals surface area contributed by atoms with Crippen LogP contribution < -0.4 is 9.46 Å². The number of carbonyl (C=O) groups is 1. The smallest absolute Gasteiger partial charge is 0.335 e. The predicted octanol–water partition coefficient (Wildman–Crippen LogP) is 0.954. The molecule has 0 saturated heterocycles. The lowest BCUT2D eigenvalue weighted by molar-refractivity contribution is 0.0696. The van der Waals surface area contributed by atoms with Crippen molar-refractivity contribution in [2.24, 2.45) is 5.92 Å². The van der Waals surface area contributed by atoms with Crippen LogP contribution in [0.5, 0.6) is 5.75 Å². The van der Waals surface area contributed by atoms with E-state index < -0.39 is 16.0 Å². The van der Waals surface area contributed by atoms with Gasteiger partial charge in [0.2, 0.25) is 10.0 Å². The minimum atomic E-state index is -3.87. The Hall–Kier alpha value is -1.64. The van der Waals surface area contributed by atoms with Crippen LogP contribution in [0.2, 0.25) is 0 Å². The van der Waals surface area contributed by atoms with Gasteiger partial charge in [0.15, 0.2) is 0 Å². The van der Waals surface area contributed by atoms with Gasteiger partial charge in [0.1, 0.15) is 10.6 Å². The van der Waals surface area contributed by atoms with Crippen LogP contribution in [0.25, 0.3) is 0 Å². The first-order valence-corrected chi connectivity index (χ1v) is 7.70. The van der Waals surface area contributed by atoms with Crippen LogP contribution in [-0.4, -0.2) is 46.9 Å². The van der Waals surface area contributed by atoms with Gasteiger partial charge in [-0.25, -0.2) is 17.9 Å². The molecule has 0 saturated carbocycles. The quantitative estimate of drug-likeness (QED) is 0.740. The number of carboxylic acids is 1. The average Bonchev–Trinajstić information content (AvgIpc) is 2.44. The van der Waals surface area contributed by atoms with Crippen LogP contribution in [0.15, 0.2) is 23.1 Å². The molecule has 0 aliphatic heterocycles. The van der Waals surface area contributed by atoms with E-state index in [1.165, 1.54) is 26.4 Å². The number of rotatable bonds is 8. The monoisotopic (exact) mass is 317 g/mol. The number of nitrogens with one attached hydrogen (secondary N) is 1. The van der Waals surface area contributed by atoms with Crippen molar-refractivity contribution in [1.29, 1.82) is 0 Å². The van der Waals surface area contributed by atoms with Crippen molar-refractivity contribution >= 4 is 16.0 Å². The fourth-order valence-corrected chi connectivity index (χ4v) is 3.05. The summed E-state index contributed by atoms with van der Waals surface area (Å²) in [6.45, 7) is 2.42. The molecular formula is C13H19NO6S. The molecule has 1 aromatic rings. The molecule has 0 spiro atoms. The highest BCUT2D eigenvalue weighted by Crippen LogP contribution is 2.24. The number of hydrogen-bond donors (Lipinski definition) is 2. The van der Waals surface area contributed by atoms with E-state index in [1.54, 1.807) is 0 Å². The van der Waals surface area contributed by atoms with Crippen LogP contribution >= 0.6 is 0 Å². The lowest BCUT2D eigenvalue weighted by atomic mass is 10.2. The SMILES string of the molecule is COCC(C)CNS(=O)(=O)c1cc(C(=O)O)ccc1OC. The van der Waals surface area contributed by atoms with E-state index in [1.807, 2.05) is 6.92 Å². The van der Waals surface area contributed by atoms with Gasteiger partial charge in [0.25, 0.3) is 0 Å². The molecule has 0 aliphatic carbocycles. The number of ether oxygens (including phenoxy) is 2. The zero-order valence-electron chi connectivity index (χ0n) is 12.1. The third-order valence-corrected chi connectivity index (χ3v) is 4.22. The third kappa shape index (κ3) is 4.69. The molecule has 8 heteroatoms. The van der Waals surface area contributed by atoms with E-state index in [-0.39, 0.29) is 28.7 Å². The molecule has 2 N–H and O–H groups in total. The summed E-state index contributed by atoms with van der Waals surface area (Å²) < 4.78 is 36.9. The van der Waals surface area contributed by atoms with Crippen molar-refractivity contribution in [2.45, 2.75) is 11.8 Å². The standard InChI is InChI=1S/C13H19NO6S/c1-9(8-19-2)7-14-21(17,18)12-6-10(13(15)16)4-5-11(12)20-3/h4-6,9,14H,7-8H2,1-3H3,(H,15,16). The minimum absolute atomic E-state index is 0.0153. The highest BCUT2D eigenvalue weighted by Gasteiger charge is 2.22. The summed E-state index contributed by atoms with van der Waals surface area (Å²) >= 11 is 0. The van der Waals surface area contributed by atoms with E-state index in [9.17, 15) is 13.2 Å². The second-order valence-corrected chi connectivity index (χ2v) is 6.32. The molecule has 118 valence electrons. The Morgan fingerprint density at radius 3 is 2.57 bits per heavy atom. The molecular weight excluding hydrogens is 298 g/mol. The molecule has 0 amide bonds. The van der Waals surface area contributed by atoms with Crippen LogP contribution in [0.4, 0.5) is 0 Å². The summed E-state index contributed by atoms with van der Waals surface area (Å²) in [5.41, 5.74) is -0.124. The van der Waals surface area contributed by atoms with Gasteiger partial charge in [-0.3, -0.25) is 0 Å². The number of benzene rings is 1. The van der Waals surface area contributed by atoms with Gasteiger partial charge in [0.05, 0.1) is 12.7 Å². The summed E-state index contributed by atoms with van der Waals surface area (Å²) in [4.78, 5) is 10.8. The van der Waals surface area contributed by atoms with Crippen LogP contribution in [-0.2, 0) is 14.8 Å². The predicted molar refractivity (Wildman–Crippen MR) is 76.2 cm³/mol. The van der Waals surface area contributed by atoms with Crippen LogP contribution in [0.3, 0.4) is 0 Å². The Morgan fingerprint density at radius 2 is 2.05 bits per heavy atom. The highest BCUT2D eigenvalue weighted by atomic mass is 32.2. The first-order valence-electron chi connectivity index (χ1n) is 6.21. The van der Waals surface area contributed by atoms with Crippen molar-refractivity contribution in [3.63, 3.8) is 0 Å². The van der Waals surface area contributed by atoms with Gasteiger partial charge in [0, 0.05) is 20.3 Å². The largest absolute Gasteiger partial charge is 0.495 e. The van der Waals surface area contributed by atoms with Gasteiger partial charge < -0.3 is 14.6 Å². The average molecular weight is 317 g/mol. The van der Waals surface area contributed by atoms with Gasteiger partial charge in [-0.15, -0.1) is 0 Å². The molecule has 7 nitrogen and oxygen atoms in total. The third-order valence-electron chi connectivity index (χ3n) is 2.77. The normalized spacial score (nSPS) is 12.9. The molecule has 1 aromatic carbocycles. The van der Waals surface area contributed by atoms with Gasteiger partial charge >= 0.3 is 5.97 Å². The summed E-state index contributed by atoms with van der Waals surface area (Å²) in [6.07, 6.45) is 0. The minimum Gasteiger partial charge on any atom is -0.495 e. The van der Waals surface area contributed by atoms with Crippen LogP contribution in [0.1, 0.15) is 17.3 Å². The molecule has 1 rings (SSSR count). The molecule has 0 bridgehead atoms. The molecule has 0 fully saturated rings. The Bertz CT molecular complexity index is 599. The van der Waals surface area contributed by atoms with E-state index in [4.69, 9.17) is 14.6 Å². The summed E-state index contributed by atoms with van der Waals surface area (Å²) in [6, 6.07) is 3.68. The maximum absolute atomic E-state index is 12.3. The van der Waals surface area contributed by atoms with E-state index in [2.05, 4.69) is 4.72 Å². The fraction of sp³-hybridized carbons (Fsp3) is 0.462. The Morgan fingerprint density at radius 1 is 1.38 bits per heavy atom. The highest BCUT2D eigenvalue weighted by molar-refractivity contribution is 7.89. The summed E-state index contributed by atoms with van der Waals surface area (Å²) in [7, 11) is -1.01. The molecule has 1 atom stereocenters. The topological polar surface area (TPSA) is 102 Å². The van der Waals surface area contributed by atoms with Crippen LogP contribution in [0, 0.1) is 5.92 Å². The lowest BCUT2D eigenvalue weighted by Crippen LogP contribution is -2.30. The zero-order chi connectivity index (χ0) is 16.0. The van der Waals surface area contributed by atoms with Crippen molar-refractivity contribution < 1.29 is 27.8 Å². The van der Waals surface area contributed by atoms with Crippen molar-refractivity contribution in [3.05, 3.63) is 23.8 Å². The molecule has 1 unspecified atom stereocenters. The van der Waals surface area contributed by atoms with E-state index in [0.29, 0.717) is 6.61 Å². The van der Waals surface area contributed by atoms with Crippen molar-refractivity contribution in [2.75, 3.05) is 27.4 Å².